The molecule has 1 aromatic heterocycles. The molecule has 2 aromatic rings. The fourth-order valence-electron chi connectivity index (χ4n) is 1.63. The Morgan fingerprint density at radius 2 is 1.76 bits per heavy atom. The van der Waals surface area contributed by atoms with E-state index in [2.05, 4.69) is 14.5 Å². The van der Waals surface area contributed by atoms with Gasteiger partial charge in [-0.3, -0.25) is 4.98 Å². The number of benzene rings is 1. The summed E-state index contributed by atoms with van der Waals surface area (Å²) in [6.07, 6.45) is -3.39. The lowest BCUT2D eigenvalue weighted by atomic mass is 10.1. The van der Waals surface area contributed by atoms with Gasteiger partial charge in [0.05, 0.1) is 18.4 Å². The Kier molecular flexibility index (Phi) is 4.11. The number of hydrogen-bond acceptors (Lipinski definition) is 4. The highest BCUT2D eigenvalue weighted by atomic mass is 19.4. The molecule has 0 N–H and O–H groups in total. The summed E-state index contributed by atoms with van der Waals surface area (Å²) in [4.78, 5) is 15.3. The normalized spacial score (nSPS) is 11.0. The van der Waals surface area contributed by atoms with E-state index < -0.39 is 12.3 Å². The van der Waals surface area contributed by atoms with E-state index in [-0.39, 0.29) is 5.75 Å². The van der Waals surface area contributed by atoms with Crippen molar-refractivity contribution < 1.29 is 27.4 Å². The number of halogens is 3. The van der Waals surface area contributed by atoms with Crippen LogP contribution in [0.1, 0.15) is 10.4 Å². The van der Waals surface area contributed by atoms with E-state index >= 15 is 0 Å². The first-order valence-electron chi connectivity index (χ1n) is 5.79. The smallest absolute Gasteiger partial charge is 0.465 e. The number of ether oxygens (including phenoxy) is 2. The van der Waals surface area contributed by atoms with Crippen LogP contribution in [-0.2, 0) is 4.74 Å². The number of nitrogens with zero attached hydrogens (tertiary/aromatic N) is 1. The lowest BCUT2D eigenvalue weighted by molar-refractivity contribution is -0.274. The van der Waals surface area contributed by atoms with Gasteiger partial charge in [0.1, 0.15) is 5.75 Å². The maximum atomic E-state index is 12.0. The molecule has 21 heavy (non-hydrogen) atoms. The van der Waals surface area contributed by atoms with Gasteiger partial charge < -0.3 is 9.47 Å². The van der Waals surface area contributed by atoms with Crippen molar-refractivity contribution >= 4 is 5.97 Å². The number of alkyl halides is 3. The van der Waals surface area contributed by atoms with E-state index in [1.54, 1.807) is 6.07 Å². The summed E-state index contributed by atoms with van der Waals surface area (Å²) in [6, 6.07) is 8.38. The van der Waals surface area contributed by atoms with Gasteiger partial charge in [-0.25, -0.2) is 4.79 Å². The molecule has 1 heterocycles. The van der Waals surface area contributed by atoms with Gasteiger partial charge in [0.15, 0.2) is 0 Å². The number of esters is 1. The molecule has 0 fully saturated rings. The number of rotatable bonds is 3. The third-order valence-electron chi connectivity index (χ3n) is 2.57. The average molecular weight is 297 g/mol. The quantitative estimate of drug-likeness (QED) is 0.814. The van der Waals surface area contributed by atoms with Crippen LogP contribution in [0.3, 0.4) is 0 Å². The van der Waals surface area contributed by atoms with Gasteiger partial charge >= 0.3 is 12.3 Å². The minimum Gasteiger partial charge on any atom is -0.465 e. The van der Waals surface area contributed by atoms with Gasteiger partial charge in [-0.1, -0.05) is 0 Å². The van der Waals surface area contributed by atoms with Crippen LogP contribution in [0.25, 0.3) is 11.3 Å². The molecule has 0 spiro atoms. The maximum absolute atomic E-state index is 12.0. The van der Waals surface area contributed by atoms with Gasteiger partial charge in [-0.05, 0) is 36.4 Å². The standard InChI is InChI=1S/C14H10F3NO3/c1-20-13(19)10-4-7-12(18-8-10)9-2-5-11(6-3-9)21-14(15,16)17/h2-8H,1H3. The Morgan fingerprint density at radius 3 is 2.24 bits per heavy atom. The first kappa shape index (κ1) is 14.8. The fourth-order valence-corrected chi connectivity index (χ4v) is 1.63. The molecular weight excluding hydrogens is 287 g/mol. The van der Waals surface area contributed by atoms with Crippen LogP contribution in [0.15, 0.2) is 42.6 Å². The summed E-state index contributed by atoms with van der Waals surface area (Å²) in [5.41, 5.74) is 1.40. The molecule has 0 bridgehead atoms. The van der Waals surface area contributed by atoms with E-state index in [0.29, 0.717) is 16.8 Å². The van der Waals surface area contributed by atoms with Gasteiger partial charge in [0.25, 0.3) is 0 Å². The van der Waals surface area contributed by atoms with E-state index in [1.807, 2.05) is 0 Å². The highest BCUT2D eigenvalue weighted by molar-refractivity contribution is 5.89. The summed E-state index contributed by atoms with van der Waals surface area (Å²) in [5.74, 6) is -0.819. The molecule has 0 atom stereocenters. The molecule has 0 aliphatic rings. The molecule has 0 amide bonds. The Labute approximate surface area is 118 Å². The SMILES string of the molecule is COC(=O)c1ccc(-c2ccc(OC(F)(F)F)cc2)nc1. The lowest BCUT2D eigenvalue weighted by Crippen LogP contribution is -2.16. The van der Waals surface area contributed by atoms with E-state index in [4.69, 9.17) is 0 Å². The zero-order valence-electron chi connectivity index (χ0n) is 10.8. The molecule has 0 aliphatic carbocycles. The molecule has 2 rings (SSSR count). The van der Waals surface area contributed by atoms with Gasteiger partial charge in [-0.2, -0.15) is 0 Å². The molecule has 0 aliphatic heterocycles. The Morgan fingerprint density at radius 1 is 1.10 bits per heavy atom. The van der Waals surface area contributed by atoms with Crippen LogP contribution in [0.2, 0.25) is 0 Å². The number of methoxy groups -OCH3 is 1. The maximum Gasteiger partial charge on any atom is 0.573 e. The minimum atomic E-state index is -4.72. The number of carbonyl (C=O) groups is 1. The topological polar surface area (TPSA) is 48.4 Å². The molecule has 7 heteroatoms. The first-order valence-corrected chi connectivity index (χ1v) is 5.79. The van der Waals surface area contributed by atoms with Crippen LogP contribution < -0.4 is 4.74 Å². The van der Waals surface area contributed by atoms with Crippen molar-refractivity contribution in [2.24, 2.45) is 0 Å². The predicted molar refractivity (Wildman–Crippen MR) is 67.7 cm³/mol. The molecule has 4 nitrogen and oxygen atoms in total. The van der Waals surface area contributed by atoms with E-state index in [9.17, 15) is 18.0 Å². The molecule has 0 saturated carbocycles. The predicted octanol–water partition coefficient (Wildman–Crippen LogP) is 3.43. The van der Waals surface area contributed by atoms with Crippen molar-refractivity contribution in [3.05, 3.63) is 48.2 Å². The van der Waals surface area contributed by atoms with Crippen LogP contribution in [0.5, 0.6) is 5.75 Å². The van der Waals surface area contributed by atoms with Crippen LogP contribution in [-0.4, -0.2) is 24.4 Å². The van der Waals surface area contributed by atoms with E-state index in [1.165, 1.54) is 43.6 Å². The Balaban J connectivity index is 2.17. The molecule has 110 valence electrons. The minimum absolute atomic E-state index is 0.290. The van der Waals surface area contributed by atoms with Crippen molar-refractivity contribution in [1.82, 2.24) is 4.98 Å². The Bertz CT molecular complexity index is 621. The largest absolute Gasteiger partial charge is 0.573 e. The van der Waals surface area contributed by atoms with Crippen LogP contribution >= 0.6 is 0 Å². The third kappa shape index (κ3) is 3.95. The molecular formula is C14H10F3NO3. The van der Waals surface area contributed by atoms with Gasteiger partial charge in [0.2, 0.25) is 0 Å². The number of hydrogen-bond donors (Lipinski definition) is 0. The first-order chi connectivity index (χ1) is 9.89. The summed E-state index contributed by atoms with van der Waals surface area (Å²) in [6.45, 7) is 0. The average Bonchev–Trinajstić information content (AvgIpc) is 2.46. The van der Waals surface area contributed by atoms with E-state index in [0.717, 1.165) is 0 Å². The van der Waals surface area contributed by atoms with Crippen molar-refractivity contribution in [3.8, 4) is 17.0 Å². The monoisotopic (exact) mass is 297 g/mol. The van der Waals surface area contributed by atoms with Crippen molar-refractivity contribution in [3.63, 3.8) is 0 Å². The summed E-state index contributed by atoms with van der Waals surface area (Å²) < 4.78 is 44.4. The fraction of sp³-hybridized carbons (Fsp3) is 0.143. The third-order valence-corrected chi connectivity index (χ3v) is 2.57. The lowest BCUT2D eigenvalue weighted by Gasteiger charge is -2.09. The van der Waals surface area contributed by atoms with Crippen LogP contribution in [0.4, 0.5) is 13.2 Å². The number of aromatic nitrogens is 1. The second-order valence-corrected chi connectivity index (χ2v) is 4.00. The molecule has 0 unspecified atom stereocenters. The Hall–Kier alpha value is -2.57. The highest BCUT2D eigenvalue weighted by Crippen LogP contribution is 2.25. The molecule has 0 radical (unpaired) electrons. The zero-order chi connectivity index (χ0) is 15.5. The number of pyridine rings is 1. The number of carbonyl (C=O) groups excluding carboxylic acids is 1. The zero-order valence-corrected chi connectivity index (χ0v) is 10.8. The summed E-state index contributed by atoms with van der Waals surface area (Å²) in [7, 11) is 1.26. The van der Waals surface area contributed by atoms with Crippen molar-refractivity contribution in [2.45, 2.75) is 6.36 Å². The van der Waals surface area contributed by atoms with Crippen molar-refractivity contribution in [1.29, 1.82) is 0 Å². The highest BCUT2D eigenvalue weighted by Gasteiger charge is 2.30. The van der Waals surface area contributed by atoms with Gasteiger partial charge in [-0.15, -0.1) is 13.2 Å². The van der Waals surface area contributed by atoms with Gasteiger partial charge in [0, 0.05) is 11.8 Å². The summed E-state index contributed by atoms with van der Waals surface area (Å²) >= 11 is 0. The van der Waals surface area contributed by atoms with Crippen molar-refractivity contribution in [2.75, 3.05) is 7.11 Å². The molecule has 0 saturated heterocycles. The second kappa shape index (κ2) is 5.82. The van der Waals surface area contributed by atoms with Crippen LogP contribution in [0, 0.1) is 0 Å². The molecule has 1 aromatic carbocycles. The summed E-state index contributed by atoms with van der Waals surface area (Å²) in [5, 5.41) is 0. The second-order valence-electron chi connectivity index (χ2n) is 4.00.